The molecule has 2 heteroatoms. The van der Waals surface area contributed by atoms with Gasteiger partial charge in [-0.15, -0.1) is 0 Å². The smallest absolute Gasteiger partial charge is 0.0658 e. The van der Waals surface area contributed by atoms with E-state index in [4.69, 9.17) is 4.74 Å². The summed E-state index contributed by atoms with van der Waals surface area (Å²) < 4.78 is 5.92. The molecule has 2 nitrogen and oxygen atoms in total. The molecule has 2 atom stereocenters. The number of ether oxygens (including phenoxy) is 1. The summed E-state index contributed by atoms with van der Waals surface area (Å²) in [6, 6.07) is 31.1. The molecule has 140 valence electrons. The van der Waals surface area contributed by atoms with Gasteiger partial charge < -0.3 is 4.74 Å². The van der Waals surface area contributed by atoms with Gasteiger partial charge in [0.1, 0.15) is 0 Å². The molecule has 0 amide bonds. The zero-order chi connectivity index (χ0) is 18.8. The number of fused-ring (bicyclic) bond motifs is 2. The zero-order valence-electron chi connectivity index (χ0n) is 16.0. The van der Waals surface area contributed by atoms with Crippen molar-refractivity contribution in [3.05, 3.63) is 102 Å². The van der Waals surface area contributed by atoms with Crippen LogP contribution in [0.15, 0.2) is 91.0 Å². The number of hydrogen-bond donors (Lipinski definition) is 0. The van der Waals surface area contributed by atoms with Crippen LogP contribution in [0.4, 0.5) is 0 Å². The van der Waals surface area contributed by atoms with E-state index < -0.39 is 0 Å². The Kier molecular flexibility index (Phi) is 4.82. The highest BCUT2D eigenvalue weighted by Gasteiger charge is 2.35. The Bertz CT molecular complexity index is 964. The topological polar surface area (TPSA) is 12.5 Å². The zero-order valence-corrected chi connectivity index (χ0v) is 16.0. The lowest BCUT2D eigenvalue weighted by atomic mass is 9.86. The first-order valence-corrected chi connectivity index (χ1v) is 10.1. The minimum Gasteiger partial charge on any atom is -0.378 e. The number of rotatable bonds is 4. The van der Waals surface area contributed by atoms with E-state index in [9.17, 15) is 0 Å². The lowest BCUT2D eigenvalue weighted by Crippen LogP contribution is -2.53. The van der Waals surface area contributed by atoms with E-state index >= 15 is 0 Å². The molecule has 2 aliphatic heterocycles. The Morgan fingerprint density at radius 2 is 1.43 bits per heavy atom. The Hall–Kier alpha value is -2.68. The van der Waals surface area contributed by atoms with Crippen LogP contribution in [0.2, 0.25) is 0 Å². The van der Waals surface area contributed by atoms with Gasteiger partial charge in [0.2, 0.25) is 0 Å². The fraction of sp³-hybridized carbons (Fsp3) is 0.231. The van der Waals surface area contributed by atoms with Crippen molar-refractivity contribution in [2.45, 2.75) is 25.0 Å². The van der Waals surface area contributed by atoms with Crippen LogP contribution < -0.4 is 0 Å². The average molecular weight is 367 g/mol. The van der Waals surface area contributed by atoms with E-state index in [1.165, 1.54) is 27.8 Å². The first-order valence-electron chi connectivity index (χ1n) is 10.1. The highest BCUT2D eigenvalue weighted by molar-refractivity contribution is 5.82. The number of nitrogens with zero attached hydrogens (tertiary/aromatic N) is 1. The summed E-state index contributed by atoms with van der Waals surface area (Å²) in [5.74, 6) is 0. The van der Waals surface area contributed by atoms with Crippen molar-refractivity contribution in [2.24, 2.45) is 0 Å². The van der Waals surface area contributed by atoms with E-state index in [1.807, 2.05) is 0 Å². The second-order valence-electron chi connectivity index (χ2n) is 7.72. The van der Waals surface area contributed by atoms with E-state index in [0.29, 0.717) is 12.1 Å². The van der Waals surface area contributed by atoms with Gasteiger partial charge in [-0.1, -0.05) is 91.0 Å². The van der Waals surface area contributed by atoms with Gasteiger partial charge in [-0.2, -0.15) is 0 Å². The van der Waals surface area contributed by atoms with Crippen LogP contribution in [0.3, 0.4) is 0 Å². The number of hydrogen-bond acceptors (Lipinski definition) is 2. The Labute approximate surface area is 167 Å². The lowest BCUT2D eigenvalue weighted by molar-refractivity contribution is -0.0402. The predicted octanol–water partition coefficient (Wildman–Crippen LogP) is 5.41. The van der Waals surface area contributed by atoms with Gasteiger partial charge in [-0.05, 0) is 34.2 Å². The predicted molar refractivity (Wildman–Crippen MR) is 115 cm³/mol. The molecule has 3 aromatic rings. The Morgan fingerprint density at radius 3 is 2.18 bits per heavy atom. The standard InChI is InChI=1S/C26H25NO/c1-3-9-20(10-4-1)17-27-23-15-22(16-24(27)19-28-18-23)26-14-8-7-13-25(26)21-11-5-2-6-12-21/h1-15,23-24H,16-19H2. The van der Waals surface area contributed by atoms with E-state index in [2.05, 4.69) is 95.9 Å². The first kappa shape index (κ1) is 17.4. The van der Waals surface area contributed by atoms with Crippen molar-refractivity contribution in [1.29, 1.82) is 0 Å². The van der Waals surface area contributed by atoms with Crippen molar-refractivity contribution in [2.75, 3.05) is 13.2 Å². The molecule has 2 bridgehead atoms. The summed E-state index contributed by atoms with van der Waals surface area (Å²) in [6.45, 7) is 2.58. The molecule has 0 saturated carbocycles. The first-order chi connectivity index (χ1) is 13.9. The van der Waals surface area contributed by atoms with Gasteiger partial charge >= 0.3 is 0 Å². The third-order valence-electron chi connectivity index (χ3n) is 5.91. The quantitative estimate of drug-likeness (QED) is 0.611. The van der Waals surface area contributed by atoms with Crippen LogP contribution in [0.5, 0.6) is 0 Å². The monoisotopic (exact) mass is 367 g/mol. The molecular weight excluding hydrogens is 342 g/mol. The van der Waals surface area contributed by atoms with E-state index in [0.717, 1.165) is 26.2 Å². The van der Waals surface area contributed by atoms with Crippen molar-refractivity contribution < 1.29 is 4.74 Å². The highest BCUT2D eigenvalue weighted by atomic mass is 16.5. The summed E-state index contributed by atoms with van der Waals surface area (Å²) in [4.78, 5) is 2.62. The second-order valence-corrected chi connectivity index (χ2v) is 7.72. The summed E-state index contributed by atoms with van der Waals surface area (Å²) >= 11 is 0. The van der Waals surface area contributed by atoms with E-state index in [1.54, 1.807) is 0 Å². The molecule has 0 aliphatic carbocycles. The van der Waals surface area contributed by atoms with Gasteiger partial charge in [-0.25, -0.2) is 0 Å². The number of morpholine rings is 1. The maximum atomic E-state index is 5.92. The van der Waals surface area contributed by atoms with Gasteiger partial charge in [0, 0.05) is 12.6 Å². The van der Waals surface area contributed by atoms with Crippen LogP contribution >= 0.6 is 0 Å². The second kappa shape index (κ2) is 7.75. The molecule has 1 saturated heterocycles. The maximum absolute atomic E-state index is 5.92. The van der Waals surface area contributed by atoms with Crippen molar-refractivity contribution >= 4 is 5.57 Å². The fourth-order valence-corrected chi connectivity index (χ4v) is 4.53. The van der Waals surface area contributed by atoms with Crippen molar-refractivity contribution in [1.82, 2.24) is 4.90 Å². The van der Waals surface area contributed by atoms with Crippen molar-refractivity contribution in [3.8, 4) is 11.1 Å². The normalized spacial score (nSPS) is 21.9. The molecule has 2 aliphatic rings. The molecule has 2 heterocycles. The Balaban J connectivity index is 1.48. The summed E-state index contributed by atoms with van der Waals surface area (Å²) in [6.07, 6.45) is 3.48. The maximum Gasteiger partial charge on any atom is 0.0658 e. The average Bonchev–Trinajstić information content (AvgIpc) is 2.75. The van der Waals surface area contributed by atoms with E-state index in [-0.39, 0.29) is 0 Å². The van der Waals surface area contributed by atoms with Crippen LogP contribution in [-0.2, 0) is 11.3 Å². The molecule has 1 fully saturated rings. The molecule has 2 unspecified atom stereocenters. The third-order valence-corrected chi connectivity index (χ3v) is 5.91. The SMILES string of the molecule is C1=C(c2ccccc2-c2ccccc2)CC2COCC1N2Cc1ccccc1. The largest absolute Gasteiger partial charge is 0.378 e. The van der Waals surface area contributed by atoms with Gasteiger partial charge in [0.05, 0.1) is 19.3 Å². The number of benzene rings is 3. The fourth-order valence-electron chi connectivity index (χ4n) is 4.53. The van der Waals surface area contributed by atoms with Gasteiger partial charge in [0.15, 0.2) is 0 Å². The minimum absolute atomic E-state index is 0.339. The molecule has 0 radical (unpaired) electrons. The van der Waals surface area contributed by atoms with Gasteiger partial charge in [-0.3, -0.25) is 4.90 Å². The van der Waals surface area contributed by atoms with Crippen molar-refractivity contribution in [3.63, 3.8) is 0 Å². The summed E-state index contributed by atoms with van der Waals surface area (Å²) in [5, 5.41) is 0. The van der Waals surface area contributed by atoms with Crippen LogP contribution in [-0.4, -0.2) is 30.2 Å². The molecule has 0 N–H and O–H groups in total. The lowest BCUT2D eigenvalue weighted by Gasteiger charge is -2.45. The molecule has 28 heavy (non-hydrogen) atoms. The summed E-state index contributed by atoms with van der Waals surface area (Å²) in [7, 11) is 0. The van der Waals surface area contributed by atoms with Crippen LogP contribution in [0, 0.1) is 0 Å². The van der Waals surface area contributed by atoms with Crippen LogP contribution in [0.1, 0.15) is 17.5 Å². The highest BCUT2D eigenvalue weighted by Crippen LogP contribution is 2.37. The Morgan fingerprint density at radius 1 is 0.750 bits per heavy atom. The molecule has 0 aromatic heterocycles. The third kappa shape index (κ3) is 3.42. The minimum atomic E-state index is 0.339. The molecule has 5 rings (SSSR count). The molecular formula is C26H25NO. The molecule has 3 aromatic carbocycles. The molecule has 0 spiro atoms. The summed E-state index contributed by atoms with van der Waals surface area (Å²) in [5.41, 5.74) is 6.81. The van der Waals surface area contributed by atoms with Gasteiger partial charge in [0.25, 0.3) is 0 Å². The van der Waals surface area contributed by atoms with Crippen LogP contribution in [0.25, 0.3) is 16.7 Å².